The average Bonchev–Trinajstić information content (AvgIpc) is 2.61. The molecule has 1 unspecified atom stereocenters. The molecule has 0 spiro atoms. The first kappa shape index (κ1) is 13.4. The Kier molecular flexibility index (Phi) is 4.15. The van der Waals surface area contributed by atoms with Gasteiger partial charge in [-0.15, -0.1) is 0 Å². The number of ether oxygens (including phenoxy) is 1. The van der Waals surface area contributed by atoms with Crippen molar-refractivity contribution in [1.82, 2.24) is 0 Å². The van der Waals surface area contributed by atoms with E-state index in [9.17, 15) is 4.79 Å². The molecule has 0 bridgehead atoms. The van der Waals surface area contributed by atoms with Crippen molar-refractivity contribution in [3.05, 3.63) is 21.1 Å². The van der Waals surface area contributed by atoms with Crippen LogP contribution in [0, 0.1) is 0 Å². The second-order valence-electron chi connectivity index (χ2n) is 3.68. The van der Waals surface area contributed by atoms with Crippen molar-refractivity contribution < 1.29 is 9.53 Å². The normalized spacial score (nSPS) is 19.9. The first-order chi connectivity index (χ1) is 8.04. The number of amides is 1. The lowest BCUT2D eigenvalue weighted by molar-refractivity contribution is -0.116. The standard InChI is InChI=1S/C11H10Br3NO2/c1-17-10-5-9(7(13)4-8(10)14)15-3-2-6(12)11(15)16/h4-6H,2-3H2,1H3. The van der Waals surface area contributed by atoms with E-state index in [1.54, 1.807) is 12.0 Å². The van der Waals surface area contributed by atoms with Crippen molar-refractivity contribution in [2.75, 3.05) is 18.6 Å². The van der Waals surface area contributed by atoms with Crippen LogP contribution in [0.1, 0.15) is 6.42 Å². The number of halogens is 3. The Morgan fingerprint density at radius 2 is 2.06 bits per heavy atom. The minimum absolute atomic E-state index is 0.0796. The fraction of sp³-hybridized carbons (Fsp3) is 0.364. The largest absolute Gasteiger partial charge is 0.495 e. The van der Waals surface area contributed by atoms with Crippen LogP contribution >= 0.6 is 47.8 Å². The van der Waals surface area contributed by atoms with E-state index in [2.05, 4.69) is 47.8 Å². The van der Waals surface area contributed by atoms with Gasteiger partial charge in [0, 0.05) is 17.1 Å². The summed E-state index contributed by atoms with van der Waals surface area (Å²) < 4.78 is 6.98. The van der Waals surface area contributed by atoms with Crippen LogP contribution in [0.15, 0.2) is 21.1 Å². The minimum Gasteiger partial charge on any atom is -0.495 e. The second kappa shape index (κ2) is 5.28. The molecule has 1 fully saturated rings. The zero-order valence-corrected chi connectivity index (χ0v) is 13.8. The number of carbonyl (C=O) groups is 1. The average molecular weight is 428 g/mol. The van der Waals surface area contributed by atoms with Gasteiger partial charge in [-0.25, -0.2) is 0 Å². The van der Waals surface area contributed by atoms with E-state index in [-0.39, 0.29) is 10.7 Å². The van der Waals surface area contributed by atoms with Crippen molar-refractivity contribution in [3.63, 3.8) is 0 Å². The summed E-state index contributed by atoms with van der Waals surface area (Å²) in [6, 6.07) is 3.75. The molecular formula is C11H10Br3NO2. The maximum atomic E-state index is 11.9. The summed E-state index contributed by atoms with van der Waals surface area (Å²) in [5.41, 5.74) is 0.844. The van der Waals surface area contributed by atoms with Gasteiger partial charge in [-0.05, 0) is 44.3 Å². The highest BCUT2D eigenvalue weighted by atomic mass is 79.9. The van der Waals surface area contributed by atoms with Crippen molar-refractivity contribution in [1.29, 1.82) is 0 Å². The van der Waals surface area contributed by atoms with Crippen molar-refractivity contribution in [2.45, 2.75) is 11.2 Å². The van der Waals surface area contributed by atoms with Crippen LogP contribution in [0.2, 0.25) is 0 Å². The van der Waals surface area contributed by atoms with E-state index in [1.807, 2.05) is 12.1 Å². The molecule has 17 heavy (non-hydrogen) atoms. The van der Waals surface area contributed by atoms with Gasteiger partial charge in [-0.3, -0.25) is 4.79 Å². The fourth-order valence-electron chi connectivity index (χ4n) is 1.77. The Bertz CT molecular complexity index is 464. The molecule has 6 heteroatoms. The van der Waals surface area contributed by atoms with E-state index in [4.69, 9.17) is 4.74 Å². The number of nitrogens with zero attached hydrogens (tertiary/aromatic N) is 1. The van der Waals surface area contributed by atoms with Crippen LogP contribution in [-0.2, 0) is 4.79 Å². The highest BCUT2D eigenvalue weighted by Gasteiger charge is 2.31. The van der Waals surface area contributed by atoms with Gasteiger partial charge >= 0.3 is 0 Å². The summed E-state index contributed by atoms with van der Waals surface area (Å²) in [4.78, 5) is 13.6. The minimum atomic E-state index is -0.0796. The van der Waals surface area contributed by atoms with E-state index < -0.39 is 0 Å². The Morgan fingerprint density at radius 1 is 1.35 bits per heavy atom. The SMILES string of the molecule is COc1cc(N2CCC(Br)C2=O)c(Br)cc1Br. The van der Waals surface area contributed by atoms with E-state index >= 15 is 0 Å². The molecule has 1 amide bonds. The van der Waals surface area contributed by atoms with Crippen LogP contribution in [0.5, 0.6) is 5.75 Å². The Labute approximate surface area is 125 Å². The number of anilines is 1. The Morgan fingerprint density at radius 3 is 2.59 bits per heavy atom. The van der Waals surface area contributed by atoms with Crippen LogP contribution in [-0.4, -0.2) is 24.4 Å². The van der Waals surface area contributed by atoms with Crippen molar-refractivity contribution in [3.8, 4) is 5.75 Å². The quantitative estimate of drug-likeness (QED) is 0.673. The van der Waals surface area contributed by atoms with Crippen LogP contribution < -0.4 is 9.64 Å². The van der Waals surface area contributed by atoms with Crippen LogP contribution in [0.4, 0.5) is 5.69 Å². The molecule has 1 aliphatic rings. The molecular weight excluding hydrogens is 418 g/mol. The second-order valence-corrected chi connectivity index (χ2v) is 6.50. The Hall–Kier alpha value is -0.0700. The topological polar surface area (TPSA) is 29.5 Å². The monoisotopic (exact) mass is 425 g/mol. The number of alkyl halides is 1. The van der Waals surface area contributed by atoms with Gasteiger partial charge in [0.05, 0.1) is 22.1 Å². The lowest BCUT2D eigenvalue weighted by Gasteiger charge is -2.19. The summed E-state index contributed by atoms with van der Waals surface area (Å²) in [5, 5.41) is 0. The summed E-state index contributed by atoms with van der Waals surface area (Å²) in [6.45, 7) is 0.720. The number of hydrogen-bond acceptors (Lipinski definition) is 2. The molecule has 0 N–H and O–H groups in total. The third-order valence-electron chi connectivity index (χ3n) is 2.65. The maximum absolute atomic E-state index is 11.9. The van der Waals surface area contributed by atoms with Crippen LogP contribution in [0.3, 0.4) is 0 Å². The third kappa shape index (κ3) is 2.53. The molecule has 0 saturated carbocycles. The van der Waals surface area contributed by atoms with Crippen molar-refractivity contribution in [2.24, 2.45) is 0 Å². The molecule has 1 heterocycles. The Balaban J connectivity index is 2.42. The summed E-state index contributed by atoms with van der Waals surface area (Å²) in [7, 11) is 1.61. The van der Waals surface area contributed by atoms with Gasteiger partial charge in [0.15, 0.2) is 0 Å². The molecule has 0 radical (unpaired) electrons. The summed E-state index contributed by atoms with van der Waals surface area (Å²) in [6.07, 6.45) is 0.823. The highest BCUT2D eigenvalue weighted by Crippen LogP contribution is 2.38. The van der Waals surface area contributed by atoms with Gasteiger partial charge < -0.3 is 9.64 Å². The molecule has 0 aliphatic carbocycles. The lowest BCUT2D eigenvalue weighted by atomic mass is 10.3. The first-order valence-electron chi connectivity index (χ1n) is 5.03. The molecule has 1 aliphatic heterocycles. The highest BCUT2D eigenvalue weighted by molar-refractivity contribution is 9.11. The zero-order valence-electron chi connectivity index (χ0n) is 9.04. The third-order valence-corrected chi connectivity index (χ3v) is 4.76. The molecule has 92 valence electrons. The maximum Gasteiger partial charge on any atom is 0.240 e. The van der Waals surface area contributed by atoms with Crippen molar-refractivity contribution >= 4 is 59.4 Å². The fourth-order valence-corrected chi connectivity index (χ4v) is 3.59. The van der Waals surface area contributed by atoms with E-state index in [0.29, 0.717) is 5.75 Å². The lowest BCUT2D eigenvalue weighted by Crippen LogP contribution is -2.27. The molecule has 1 aromatic carbocycles. The number of rotatable bonds is 2. The molecule has 2 rings (SSSR count). The smallest absolute Gasteiger partial charge is 0.240 e. The van der Waals surface area contributed by atoms with Crippen LogP contribution in [0.25, 0.3) is 0 Å². The van der Waals surface area contributed by atoms with E-state index in [0.717, 1.165) is 27.6 Å². The van der Waals surface area contributed by atoms with Gasteiger partial charge in [0.25, 0.3) is 0 Å². The number of benzene rings is 1. The van der Waals surface area contributed by atoms with E-state index in [1.165, 1.54) is 0 Å². The summed E-state index contributed by atoms with van der Waals surface area (Å²) in [5.74, 6) is 0.809. The molecule has 1 saturated heterocycles. The van der Waals surface area contributed by atoms with Gasteiger partial charge in [0.1, 0.15) is 5.75 Å². The molecule has 0 aromatic heterocycles. The summed E-state index contributed by atoms with van der Waals surface area (Å²) >= 11 is 10.3. The predicted octanol–water partition coefficient (Wildman–Crippen LogP) is 3.72. The van der Waals surface area contributed by atoms with Gasteiger partial charge in [-0.2, -0.15) is 0 Å². The number of methoxy groups -OCH3 is 1. The molecule has 3 nitrogen and oxygen atoms in total. The first-order valence-corrected chi connectivity index (χ1v) is 7.53. The molecule has 1 atom stereocenters. The number of hydrogen-bond donors (Lipinski definition) is 0. The zero-order chi connectivity index (χ0) is 12.6. The van der Waals surface area contributed by atoms with Gasteiger partial charge in [-0.1, -0.05) is 15.9 Å². The predicted molar refractivity (Wildman–Crippen MR) is 78.1 cm³/mol. The van der Waals surface area contributed by atoms with Gasteiger partial charge in [0.2, 0.25) is 5.91 Å². The number of carbonyl (C=O) groups excluding carboxylic acids is 1. The molecule has 1 aromatic rings.